The van der Waals surface area contributed by atoms with Crippen LogP contribution in [0.4, 0.5) is 5.69 Å². The van der Waals surface area contributed by atoms with Crippen LogP contribution >= 0.6 is 0 Å². The van der Waals surface area contributed by atoms with Crippen molar-refractivity contribution in [1.82, 2.24) is 9.55 Å². The van der Waals surface area contributed by atoms with Crippen molar-refractivity contribution in [2.75, 3.05) is 12.3 Å². The summed E-state index contributed by atoms with van der Waals surface area (Å²) in [5.41, 5.74) is 9.67. The predicted molar refractivity (Wildman–Crippen MR) is 68.6 cm³/mol. The quantitative estimate of drug-likeness (QED) is 0.825. The Morgan fingerprint density at radius 3 is 2.65 bits per heavy atom. The number of nitrogens with zero attached hydrogens (tertiary/aromatic N) is 2. The lowest BCUT2D eigenvalue weighted by molar-refractivity contribution is 0.340. The van der Waals surface area contributed by atoms with E-state index in [9.17, 15) is 0 Å². The van der Waals surface area contributed by atoms with Crippen molar-refractivity contribution < 1.29 is 4.74 Å². The van der Waals surface area contributed by atoms with Gasteiger partial charge in [0.15, 0.2) is 0 Å². The predicted octanol–water partition coefficient (Wildman–Crippen LogP) is 2.47. The van der Waals surface area contributed by atoms with E-state index < -0.39 is 0 Å². The highest BCUT2D eigenvalue weighted by molar-refractivity contribution is 5.54. The fourth-order valence-corrected chi connectivity index (χ4v) is 1.75. The van der Waals surface area contributed by atoms with Gasteiger partial charge in [-0.2, -0.15) is 0 Å². The van der Waals surface area contributed by atoms with Gasteiger partial charge in [-0.3, -0.25) is 0 Å². The fraction of sp³-hybridized carbons (Fsp3) is 0.308. The summed E-state index contributed by atoms with van der Waals surface area (Å²) in [5.74, 6) is 0.785. The maximum Gasteiger partial charge on any atom is 0.123 e. The van der Waals surface area contributed by atoms with Crippen LogP contribution in [-0.2, 0) is 0 Å². The summed E-state index contributed by atoms with van der Waals surface area (Å²) >= 11 is 0. The molecule has 4 heteroatoms. The Kier molecular flexibility index (Phi) is 3.04. The molecule has 0 saturated carbocycles. The molecule has 4 nitrogen and oxygen atoms in total. The van der Waals surface area contributed by atoms with Gasteiger partial charge in [0.2, 0.25) is 0 Å². The zero-order chi connectivity index (χ0) is 12.4. The number of aryl methyl sites for hydroxylation is 1. The molecule has 2 rings (SSSR count). The molecule has 0 aliphatic heterocycles. The summed E-state index contributed by atoms with van der Waals surface area (Å²) in [6.07, 6.45) is 1.80. The Bertz CT molecular complexity index is 531. The van der Waals surface area contributed by atoms with Crippen molar-refractivity contribution in [2.24, 2.45) is 0 Å². The minimum absolute atomic E-state index is 0.630. The van der Waals surface area contributed by atoms with E-state index in [0.717, 1.165) is 22.8 Å². The largest absolute Gasteiger partial charge is 0.494 e. The second kappa shape index (κ2) is 4.49. The van der Waals surface area contributed by atoms with Gasteiger partial charge in [0.25, 0.3) is 0 Å². The first-order chi connectivity index (χ1) is 8.11. The minimum atomic E-state index is 0.630. The number of imidazole rings is 1. The first-order valence-corrected chi connectivity index (χ1v) is 5.66. The summed E-state index contributed by atoms with van der Waals surface area (Å²) in [4.78, 5) is 4.28. The molecule has 17 heavy (non-hydrogen) atoms. The number of aromatic nitrogens is 2. The summed E-state index contributed by atoms with van der Waals surface area (Å²) < 4.78 is 7.49. The maximum absolute atomic E-state index is 5.87. The summed E-state index contributed by atoms with van der Waals surface area (Å²) in [5, 5.41) is 0. The van der Waals surface area contributed by atoms with Crippen molar-refractivity contribution in [3.05, 3.63) is 35.9 Å². The van der Waals surface area contributed by atoms with Crippen molar-refractivity contribution in [3.63, 3.8) is 0 Å². The molecule has 0 bridgehead atoms. The molecule has 1 aromatic heterocycles. The number of nitrogen functional groups attached to an aromatic ring is 1. The number of anilines is 1. The Balaban J connectivity index is 2.48. The molecule has 0 spiro atoms. The van der Waals surface area contributed by atoms with E-state index in [2.05, 4.69) is 4.98 Å². The van der Waals surface area contributed by atoms with Crippen molar-refractivity contribution in [1.29, 1.82) is 0 Å². The molecule has 0 atom stereocenters. The number of hydrogen-bond donors (Lipinski definition) is 1. The normalized spacial score (nSPS) is 10.5. The van der Waals surface area contributed by atoms with Crippen LogP contribution in [0.25, 0.3) is 5.69 Å². The first kappa shape index (κ1) is 11.5. The molecule has 0 aliphatic rings. The highest BCUT2D eigenvalue weighted by Gasteiger charge is 2.06. The van der Waals surface area contributed by atoms with Gasteiger partial charge in [-0.05, 0) is 26.8 Å². The van der Waals surface area contributed by atoms with E-state index in [1.165, 1.54) is 0 Å². The molecule has 90 valence electrons. The van der Waals surface area contributed by atoms with E-state index in [4.69, 9.17) is 10.5 Å². The lowest BCUT2D eigenvalue weighted by Crippen LogP contribution is -1.99. The van der Waals surface area contributed by atoms with E-state index in [1.807, 2.05) is 43.5 Å². The molecule has 1 aromatic carbocycles. The third-order valence-corrected chi connectivity index (χ3v) is 2.75. The van der Waals surface area contributed by atoms with Gasteiger partial charge in [0.1, 0.15) is 5.75 Å². The standard InChI is InChI=1S/C13H17N3O/c1-4-17-13-6-11(14)5-12(7-13)16-8-15-9(2)10(16)3/h5-8H,4,14H2,1-3H3. The van der Waals surface area contributed by atoms with E-state index in [0.29, 0.717) is 12.3 Å². The molecule has 2 aromatic rings. The Hall–Kier alpha value is -1.97. The Morgan fingerprint density at radius 2 is 2.06 bits per heavy atom. The SMILES string of the molecule is CCOc1cc(N)cc(-n2cnc(C)c2C)c1. The van der Waals surface area contributed by atoms with Gasteiger partial charge in [-0.1, -0.05) is 0 Å². The number of nitrogens with two attached hydrogens (primary N) is 1. The Labute approximate surface area is 101 Å². The van der Waals surface area contributed by atoms with Crippen LogP contribution in [0, 0.1) is 13.8 Å². The topological polar surface area (TPSA) is 53.1 Å². The molecular formula is C13H17N3O. The van der Waals surface area contributed by atoms with Crippen molar-refractivity contribution >= 4 is 5.69 Å². The number of rotatable bonds is 3. The van der Waals surface area contributed by atoms with Crippen LogP contribution in [0.2, 0.25) is 0 Å². The number of ether oxygens (including phenoxy) is 1. The second-order valence-electron chi connectivity index (χ2n) is 3.98. The molecule has 0 fully saturated rings. The van der Waals surface area contributed by atoms with Crippen LogP contribution in [0.5, 0.6) is 5.75 Å². The lowest BCUT2D eigenvalue weighted by Gasteiger charge is -2.10. The zero-order valence-corrected chi connectivity index (χ0v) is 10.4. The van der Waals surface area contributed by atoms with Gasteiger partial charge in [0, 0.05) is 23.5 Å². The molecule has 0 unspecified atom stereocenters. The van der Waals surface area contributed by atoms with E-state index >= 15 is 0 Å². The minimum Gasteiger partial charge on any atom is -0.494 e. The van der Waals surface area contributed by atoms with Crippen molar-refractivity contribution in [3.8, 4) is 11.4 Å². The molecule has 0 saturated heterocycles. The average molecular weight is 231 g/mol. The molecule has 2 N–H and O–H groups in total. The lowest BCUT2D eigenvalue weighted by atomic mass is 10.2. The van der Waals surface area contributed by atoms with Crippen LogP contribution < -0.4 is 10.5 Å². The van der Waals surface area contributed by atoms with Gasteiger partial charge < -0.3 is 15.0 Å². The third-order valence-electron chi connectivity index (χ3n) is 2.75. The smallest absolute Gasteiger partial charge is 0.123 e. The molecule has 1 heterocycles. The average Bonchev–Trinajstić information content (AvgIpc) is 2.59. The summed E-state index contributed by atoms with van der Waals surface area (Å²) in [6, 6.07) is 5.71. The van der Waals surface area contributed by atoms with Gasteiger partial charge >= 0.3 is 0 Å². The molecule has 0 aliphatic carbocycles. The van der Waals surface area contributed by atoms with Gasteiger partial charge in [-0.25, -0.2) is 4.98 Å². The van der Waals surface area contributed by atoms with Crippen molar-refractivity contribution in [2.45, 2.75) is 20.8 Å². The zero-order valence-electron chi connectivity index (χ0n) is 10.4. The van der Waals surface area contributed by atoms with Gasteiger partial charge in [0.05, 0.1) is 24.3 Å². The monoisotopic (exact) mass is 231 g/mol. The van der Waals surface area contributed by atoms with E-state index in [-0.39, 0.29) is 0 Å². The van der Waals surface area contributed by atoms with Crippen LogP contribution in [0.15, 0.2) is 24.5 Å². The third kappa shape index (κ3) is 2.25. The first-order valence-electron chi connectivity index (χ1n) is 5.66. The molecule has 0 amide bonds. The summed E-state index contributed by atoms with van der Waals surface area (Å²) in [7, 11) is 0. The van der Waals surface area contributed by atoms with Gasteiger partial charge in [-0.15, -0.1) is 0 Å². The second-order valence-corrected chi connectivity index (χ2v) is 3.98. The number of benzene rings is 1. The van der Waals surface area contributed by atoms with Crippen LogP contribution in [-0.4, -0.2) is 16.2 Å². The van der Waals surface area contributed by atoms with E-state index in [1.54, 1.807) is 6.33 Å². The Morgan fingerprint density at radius 1 is 1.29 bits per heavy atom. The highest BCUT2D eigenvalue weighted by atomic mass is 16.5. The highest BCUT2D eigenvalue weighted by Crippen LogP contribution is 2.23. The maximum atomic E-state index is 5.87. The summed E-state index contributed by atoms with van der Waals surface area (Å²) in [6.45, 7) is 6.60. The van der Waals surface area contributed by atoms with Crippen LogP contribution in [0.1, 0.15) is 18.3 Å². The number of hydrogen-bond acceptors (Lipinski definition) is 3. The van der Waals surface area contributed by atoms with Crippen LogP contribution in [0.3, 0.4) is 0 Å². The molecular weight excluding hydrogens is 214 g/mol. The fourth-order valence-electron chi connectivity index (χ4n) is 1.75. The molecule has 0 radical (unpaired) electrons.